The molecule has 0 radical (unpaired) electrons. The summed E-state index contributed by atoms with van der Waals surface area (Å²) >= 11 is 1.93. The van der Waals surface area contributed by atoms with Crippen LogP contribution < -0.4 is 5.32 Å². The fourth-order valence-corrected chi connectivity index (χ4v) is 1.58. The van der Waals surface area contributed by atoms with E-state index in [2.05, 4.69) is 12.2 Å². The van der Waals surface area contributed by atoms with E-state index in [1.807, 2.05) is 18.7 Å². The van der Waals surface area contributed by atoms with Crippen LogP contribution in [0.4, 0.5) is 0 Å². The Morgan fingerprint density at radius 1 is 1.36 bits per heavy atom. The largest absolute Gasteiger partial charge is 0.466 e. The molecule has 0 aromatic rings. The summed E-state index contributed by atoms with van der Waals surface area (Å²) < 4.78 is 4.82. The Balaban J connectivity index is 3.01. The average molecular weight is 219 g/mol. The summed E-state index contributed by atoms with van der Waals surface area (Å²) in [5.74, 6) is 2.23. The van der Waals surface area contributed by atoms with E-state index in [4.69, 9.17) is 4.74 Å². The van der Waals surface area contributed by atoms with Crippen molar-refractivity contribution in [1.82, 2.24) is 5.32 Å². The topological polar surface area (TPSA) is 38.3 Å². The Hall–Kier alpha value is -0.220. The molecule has 84 valence electrons. The van der Waals surface area contributed by atoms with Gasteiger partial charge in [-0.2, -0.15) is 11.8 Å². The van der Waals surface area contributed by atoms with Crippen molar-refractivity contribution in [2.24, 2.45) is 0 Å². The first-order valence-electron chi connectivity index (χ1n) is 5.25. The summed E-state index contributed by atoms with van der Waals surface area (Å²) in [5, 5.41) is 3.29. The van der Waals surface area contributed by atoms with Crippen LogP contribution in [0.5, 0.6) is 0 Å². The molecule has 4 heteroatoms. The minimum absolute atomic E-state index is 0.0859. The molecule has 0 spiro atoms. The first-order valence-corrected chi connectivity index (χ1v) is 6.40. The summed E-state index contributed by atoms with van der Waals surface area (Å²) in [6, 6.07) is 0. The van der Waals surface area contributed by atoms with Crippen molar-refractivity contribution in [3.05, 3.63) is 0 Å². The van der Waals surface area contributed by atoms with Gasteiger partial charge < -0.3 is 10.1 Å². The van der Waals surface area contributed by atoms with Gasteiger partial charge in [-0.15, -0.1) is 0 Å². The van der Waals surface area contributed by atoms with Crippen LogP contribution in [0.15, 0.2) is 0 Å². The zero-order valence-corrected chi connectivity index (χ0v) is 9.99. The van der Waals surface area contributed by atoms with Gasteiger partial charge in [-0.25, -0.2) is 0 Å². The Kier molecular flexibility index (Phi) is 10.7. The molecule has 1 N–H and O–H groups in total. The standard InChI is InChI=1S/C10H21NO2S/c1-3-13-10(12)6-5-7-11-8-9-14-4-2/h11H,3-9H2,1-2H3. The van der Waals surface area contributed by atoms with Crippen LogP contribution in [0.2, 0.25) is 0 Å². The van der Waals surface area contributed by atoms with Crippen molar-refractivity contribution in [3.8, 4) is 0 Å². The maximum atomic E-state index is 10.9. The van der Waals surface area contributed by atoms with E-state index in [0.717, 1.165) is 25.3 Å². The minimum Gasteiger partial charge on any atom is -0.466 e. The van der Waals surface area contributed by atoms with Crippen LogP contribution in [0, 0.1) is 0 Å². The number of thioether (sulfide) groups is 1. The normalized spacial score (nSPS) is 10.1. The number of rotatable bonds is 9. The number of carbonyl (C=O) groups is 1. The SMILES string of the molecule is CCOC(=O)CCCNCCSCC. The third-order valence-corrected chi connectivity index (χ3v) is 2.57. The van der Waals surface area contributed by atoms with Crippen LogP contribution in [0.25, 0.3) is 0 Å². The smallest absolute Gasteiger partial charge is 0.305 e. The molecule has 0 atom stereocenters. The molecule has 14 heavy (non-hydrogen) atoms. The van der Waals surface area contributed by atoms with Crippen molar-refractivity contribution >= 4 is 17.7 Å². The van der Waals surface area contributed by atoms with Crippen LogP contribution in [0.3, 0.4) is 0 Å². The van der Waals surface area contributed by atoms with Gasteiger partial charge in [0.05, 0.1) is 6.61 Å². The third kappa shape index (κ3) is 9.86. The van der Waals surface area contributed by atoms with Gasteiger partial charge in [-0.1, -0.05) is 6.92 Å². The first kappa shape index (κ1) is 13.8. The summed E-state index contributed by atoms with van der Waals surface area (Å²) in [5.41, 5.74) is 0. The number of hydrogen-bond acceptors (Lipinski definition) is 4. The van der Waals surface area contributed by atoms with Crippen molar-refractivity contribution in [1.29, 1.82) is 0 Å². The molecule has 0 heterocycles. The zero-order valence-electron chi connectivity index (χ0n) is 9.17. The predicted molar refractivity (Wildman–Crippen MR) is 61.7 cm³/mol. The molecule has 0 saturated heterocycles. The molecule has 0 amide bonds. The molecule has 0 bridgehead atoms. The van der Waals surface area contributed by atoms with E-state index in [-0.39, 0.29) is 5.97 Å². The highest BCUT2D eigenvalue weighted by Crippen LogP contribution is 1.95. The van der Waals surface area contributed by atoms with E-state index in [0.29, 0.717) is 13.0 Å². The monoisotopic (exact) mass is 219 g/mol. The number of ether oxygens (including phenoxy) is 1. The molecule has 0 saturated carbocycles. The van der Waals surface area contributed by atoms with Crippen molar-refractivity contribution in [2.75, 3.05) is 31.2 Å². The maximum Gasteiger partial charge on any atom is 0.305 e. The molecule has 0 aliphatic heterocycles. The highest BCUT2D eigenvalue weighted by atomic mass is 32.2. The number of carbonyl (C=O) groups excluding carboxylic acids is 1. The van der Waals surface area contributed by atoms with E-state index in [1.165, 1.54) is 5.75 Å². The number of hydrogen-bond donors (Lipinski definition) is 1. The molecule has 0 aromatic heterocycles. The van der Waals surface area contributed by atoms with Crippen LogP contribution in [-0.4, -0.2) is 37.2 Å². The third-order valence-electron chi connectivity index (χ3n) is 1.67. The van der Waals surface area contributed by atoms with Crippen molar-refractivity contribution < 1.29 is 9.53 Å². The maximum absolute atomic E-state index is 10.9. The second-order valence-corrected chi connectivity index (χ2v) is 4.25. The van der Waals surface area contributed by atoms with Crippen LogP contribution in [-0.2, 0) is 9.53 Å². The lowest BCUT2D eigenvalue weighted by molar-refractivity contribution is -0.143. The van der Waals surface area contributed by atoms with E-state index in [1.54, 1.807) is 0 Å². The van der Waals surface area contributed by atoms with E-state index >= 15 is 0 Å². The van der Waals surface area contributed by atoms with Crippen LogP contribution in [0.1, 0.15) is 26.7 Å². The van der Waals surface area contributed by atoms with Gasteiger partial charge >= 0.3 is 5.97 Å². The van der Waals surface area contributed by atoms with E-state index < -0.39 is 0 Å². The average Bonchev–Trinajstić information content (AvgIpc) is 2.17. The summed E-state index contributed by atoms with van der Waals surface area (Å²) in [7, 11) is 0. The van der Waals surface area contributed by atoms with Crippen molar-refractivity contribution in [3.63, 3.8) is 0 Å². The summed E-state index contributed by atoms with van der Waals surface area (Å²) in [6.45, 7) is 6.41. The fraction of sp³-hybridized carbons (Fsp3) is 0.900. The first-order chi connectivity index (χ1) is 6.81. The Labute approximate surface area is 91.0 Å². The highest BCUT2D eigenvalue weighted by Gasteiger charge is 1.99. The number of nitrogens with one attached hydrogen (secondary N) is 1. The predicted octanol–water partition coefficient (Wildman–Crippen LogP) is 1.67. The molecule has 0 fully saturated rings. The molecular weight excluding hydrogens is 198 g/mol. The molecule has 0 rings (SSSR count). The Morgan fingerprint density at radius 3 is 2.79 bits per heavy atom. The van der Waals surface area contributed by atoms with Gasteiger partial charge in [0.2, 0.25) is 0 Å². The second-order valence-electron chi connectivity index (χ2n) is 2.86. The van der Waals surface area contributed by atoms with Gasteiger partial charge in [-0.3, -0.25) is 4.79 Å². The molecule has 0 aliphatic carbocycles. The molecule has 0 aliphatic rings. The lowest BCUT2D eigenvalue weighted by atomic mass is 10.3. The number of esters is 1. The fourth-order valence-electron chi connectivity index (χ4n) is 1.00. The minimum atomic E-state index is -0.0859. The highest BCUT2D eigenvalue weighted by molar-refractivity contribution is 7.99. The van der Waals surface area contributed by atoms with Gasteiger partial charge in [0.25, 0.3) is 0 Å². The molecular formula is C10H21NO2S. The lowest BCUT2D eigenvalue weighted by Gasteiger charge is -2.03. The Morgan fingerprint density at radius 2 is 2.14 bits per heavy atom. The van der Waals surface area contributed by atoms with Crippen LogP contribution >= 0.6 is 11.8 Å². The Bertz CT molecular complexity index is 142. The van der Waals surface area contributed by atoms with Gasteiger partial charge in [-0.05, 0) is 25.6 Å². The second kappa shape index (κ2) is 10.9. The zero-order chi connectivity index (χ0) is 10.6. The lowest BCUT2D eigenvalue weighted by Crippen LogP contribution is -2.19. The quantitative estimate of drug-likeness (QED) is 0.473. The summed E-state index contributed by atoms with van der Waals surface area (Å²) in [6.07, 6.45) is 1.40. The van der Waals surface area contributed by atoms with Gasteiger partial charge in [0.1, 0.15) is 0 Å². The van der Waals surface area contributed by atoms with E-state index in [9.17, 15) is 4.79 Å². The van der Waals surface area contributed by atoms with Gasteiger partial charge in [0, 0.05) is 18.7 Å². The summed E-state index contributed by atoms with van der Waals surface area (Å²) in [4.78, 5) is 10.9. The van der Waals surface area contributed by atoms with Gasteiger partial charge in [0.15, 0.2) is 0 Å². The molecule has 0 aromatic carbocycles. The van der Waals surface area contributed by atoms with Crippen molar-refractivity contribution in [2.45, 2.75) is 26.7 Å². The molecule has 0 unspecified atom stereocenters. The molecule has 3 nitrogen and oxygen atoms in total.